The van der Waals surface area contributed by atoms with E-state index in [-0.39, 0.29) is 23.1 Å². The first kappa shape index (κ1) is 19.5. The van der Waals surface area contributed by atoms with Gasteiger partial charge in [-0.2, -0.15) is 0 Å². The highest BCUT2D eigenvalue weighted by Gasteiger charge is 2.25. The van der Waals surface area contributed by atoms with Crippen molar-refractivity contribution in [1.82, 2.24) is 4.90 Å². The van der Waals surface area contributed by atoms with E-state index >= 15 is 0 Å². The van der Waals surface area contributed by atoms with E-state index in [1.54, 1.807) is 30.3 Å². The molecule has 1 aliphatic rings. The van der Waals surface area contributed by atoms with Gasteiger partial charge in [0.15, 0.2) is 5.78 Å². The number of nitrogens with zero attached hydrogens (tertiary/aromatic N) is 3. The number of Topliss-reactive ketones (excluding diaryl/α,β-unsaturated/α-hetero) is 1. The highest BCUT2D eigenvalue weighted by atomic mass is 16.6. The number of nitro groups is 1. The third-order valence-electron chi connectivity index (χ3n) is 5.00. The third kappa shape index (κ3) is 4.17. The molecule has 1 heterocycles. The van der Waals surface area contributed by atoms with Gasteiger partial charge < -0.3 is 10.6 Å². The summed E-state index contributed by atoms with van der Waals surface area (Å²) in [6.45, 7) is 1.74. The number of nitrogens with two attached hydrogens (primary N) is 1. The molecule has 2 amide bonds. The van der Waals surface area contributed by atoms with Crippen LogP contribution in [0.5, 0.6) is 0 Å². The van der Waals surface area contributed by atoms with E-state index in [4.69, 9.17) is 5.73 Å². The van der Waals surface area contributed by atoms with Crippen molar-refractivity contribution in [3.63, 3.8) is 0 Å². The quantitative estimate of drug-likeness (QED) is 0.484. The molecule has 2 aromatic carbocycles. The Hall–Kier alpha value is -3.26. The van der Waals surface area contributed by atoms with Gasteiger partial charge in [0.1, 0.15) is 0 Å². The van der Waals surface area contributed by atoms with Gasteiger partial charge in [-0.05, 0) is 51.2 Å². The van der Waals surface area contributed by atoms with E-state index in [9.17, 15) is 19.7 Å². The maximum Gasteiger partial charge on any atom is 0.323 e. The first-order valence-corrected chi connectivity index (χ1v) is 9.03. The molecule has 8 heteroatoms. The molecular weight excluding hydrogens is 360 g/mol. The minimum Gasteiger partial charge on any atom is -0.351 e. The predicted octanol–water partition coefficient (Wildman–Crippen LogP) is 3.34. The lowest BCUT2D eigenvalue weighted by atomic mass is 9.89. The van der Waals surface area contributed by atoms with E-state index < -0.39 is 11.0 Å². The fourth-order valence-corrected chi connectivity index (χ4v) is 3.45. The number of urea groups is 1. The molecule has 0 saturated carbocycles. The van der Waals surface area contributed by atoms with E-state index in [0.717, 1.165) is 25.9 Å². The van der Waals surface area contributed by atoms with Gasteiger partial charge in [0, 0.05) is 23.6 Å². The zero-order valence-corrected chi connectivity index (χ0v) is 15.6. The summed E-state index contributed by atoms with van der Waals surface area (Å²) in [4.78, 5) is 38.8. The summed E-state index contributed by atoms with van der Waals surface area (Å²) >= 11 is 0. The van der Waals surface area contributed by atoms with E-state index in [0.29, 0.717) is 11.3 Å². The topological polar surface area (TPSA) is 110 Å². The van der Waals surface area contributed by atoms with Crippen LogP contribution in [0.15, 0.2) is 48.5 Å². The number of likely N-dealkylation sites (tertiary alicyclic amines) is 1. The molecule has 0 aliphatic carbocycles. The molecule has 0 aromatic heterocycles. The molecule has 146 valence electrons. The van der Waals surface area contributed by atoms with Gasteiger partial charge in [0.05, 0.1) is 16.3 Å². The Labute approximate surface area is 162 Å². The smallest absolute Gasteiger partial charge is 0.323 e. The summed E-state index contributed by atoms with van der Waals surface area (Å²) in [5.74, 6) is -0.00953. The third-order valence-corrected chi connectivity index (χ3v) is 5.00. The Bertz CT molecular complexity index is 907. The lowest BCUT2D eigenvalue weighted by Crippen LogP contribution is -2.34. The maximum atomic E-state index is 12.9. The summed E-state index contributed by atoms with van der Waals surface area (Å²) in [7, 11) is 2.03. The first-order valence-electron chi connectivity index (χ1n) is 9.03. The van der Waals surface area contributed by atoms with Crippen molar-refractivity contribution in [3.05, 3.63) is 64.2 Å². The van der Waals surface area contributed by atoms with Crippen LogP contribution in [-0.4, -0.2) is 41.8 Å². The number of hydrogen-bond acceptors (Lipinski definition) is 5. The zero-order chi connectivity index (χ0) is 20.3. The SMILES string of the molecule is CN1CCC(C(=O)c2cccc(N(C(N)=O)c3cccc([N+](=O)[O-])c3)c2)CC1. The fourth-order valence-electron chi connectivity index (χ4n) is 3.45. The molecule has 1 aliphatic heterocycles. The number of rotatable bonds is 5. The van der Waals surface area contributed by atoms with Crippen LogP contribution >= 0.6 is 0 Å². The summed E-state index contributed by atoms with van der Waals surface area (Å²) in [6.07, 6.45) is 1.59. The molecule has 28 heavy (non-hydrogen) atoms. The van der Waals surface area contributed by atoms with Crippen molar-refractivity contribution >= 4 is 28.9 Å². The minimum atomic E-state index is -0.788. The van der Waals surface area contributed by atoms with Crippen molar-refractivity contribution in [2.24, 2.45) is 11.7 Å². The Morgan fingerprint density at radius 3 is 2.32 bits per heavy atom. The standard InChI is InChI=1S/C20H22N4O4/c1-22-10-8-14(9-11-22)19(25)15-4-2-5-16(12-15)23(20(21)26)17-6-3-7-18(13-17)24(27)28/h2-7,12-14H,8-11H2,1H3,(H2,21,26). The second kappa shape index (κ2) is 8.18. The molecule has 0 spiro atoms. The van der Waals surface area contributed by atoms with Gasteiger partial charge in [0.25, 0.3) is 5.69 Å². The maximum absolute atomic E-state index is 12.9. The number of amides is 2. The molecular formula is C20H22N4O4. The van der Waals surface area contributed by atoms with Crippen molar-refractivity contribution in [2.75, 3.05) is 25.0 Å². The first-order chi connectivity index (χ1) is 13.4. The van der Waals surface area contributed by atoms with Gasteiger partial charge >= 0.3 is 6.03 Å². The number of anilines is 2. The van der Waals surface area contributed by atoms with Crippen LogP contribution in [0.1, 0.15) is 23.2 Å². The Morgan fingerprint density at radius 1 is 1.11 bits per heavy atom. The zero-order valence-electron chi connectivity index (χ0n) is 15.6. The monoisotopic (exact) mass is 382 g/mol. The van der Waals surface area contributed by atoms with Gasteiger partial charge in [-0.15, -0.1) is 0 Å². The van der Waals surface area contributed by atoms with Crippen LogP contribution in [0, 0.1) is 16.0 Å². The van der Waals surface area contributed by atoms with Crippen LogP contribution in [0.25, 0.3) is 0 Å². The van der Waals surface area contributed by atoms with Gasteiger partial charge in [-0.25, -0.2) is 4.79 Å². The molecule has 0 radical (unpaired) electrons. The summed E-state index contributed by atoms with van der Waals surface area (Å²) in [5, 5.41) is 11.0. The Balaban J connectivity index is 1.92. The number of hydrogen-bond donors (Lipinski definition) is 1. The molecule has 2 aromatic rings. The second-order valence-corrected chi connectivity index (χ2v) is 6.94. The van der Waals surface area contributed by atoms with Gasteiger partial charge in [-0.3, -0.25) is 19.8 Å². The van der Waals surface area contributed by atoms with Gasteiger partial charge in [0.2, 0.25) is 0 Å². The highest BCUT2D eigenvalue weighted by molar-refractivity contribution is 6.02. The van der Waals surface area contributed by atoms with Crippen molar-refractivity contribution in [1.29, 1.82) is 0 Å². The number of non-ortho nitro benzene ring substituents is 1. The van der Waals surface area contributed by atoms with E-state index in [1.165, 1.54) is 23.1 Å². The predicted molar refractivity (Wildman–Crippen MR) is 106 cm³/mol. The molecule has 1 saturated heterocycles. The molecule has 2 N–H and O–H groups in total. The lowest BCUT2D eigenvalue weighted by Gasteiger charge is -2.28. The fraction of sp³-hybridized carbons (Fsp3) is 0.300. The Morgan fingerprint density at radius 2 is 1.71 bits per heavy atom. The number of carbonyl (C=O) groups excluding carboxylic acids is 2. The Kier molecular flexibility index (Phi) is 5.70. The van der Waals surface area contributed by atoms with Crippen molar-refractivity contribution in [3.8, 4) is 0 Å². The molecule has 0 bridgehead atoms. The largest absolute Gasteiger partial charge is 0.351 e. The number of nitro benzene ring substituents is 1. The summed E-state index contributed by atoms with van der Waals surface area (Å²) in [5.41, 5.74) is 6.55. The average Bonchev–Trinajstić information content (AvgIpc) is 2.68. The number of primary amides is 1. The second-order valence-electron chi connectivity index (χ2n) is 6.94. The van der Waals surface area contributed by atoms with E-state index in [2.05, 4.69) is 4.90 Å². The van der Waals surface area contributed by atoms with Gasteiger partial charge in [-0.1, -0.05) is 18.2 Å². The summed E-state index contributed by atoms with van der Waals surface area (Å²) < 4.78 is 0. The highest BCUT2D eigenvalue weighted by Crippen LogP contribution is 2.30. The van der Waals surface area contributed by atoms with Crippen molar-refractivity contribution in [2.45, 2.75) is 12.8 Å². The van der Waals surface area contributed by atoms with Crippen LogP contribution < -0.4 is 10.6 Å². The normalized spacial score (nSPS) is 15.2. The number of benzene rings is 2. The minimum absolute atomic E-state index is 0.0402. The molecule has 0 atom stereocenters. The van der Waals surface area contributed by atoms with Crippen molar-refractivity contribution < 1.29 is 14.5 Å². The molecule has 3 rings (SSSR count). The number of ketones is 1. The molecule has 1 fully saturated rings. The van der Waals surface area contributed by atoms with Crippen LogP contribution in [0.2, 0.25) is 0 Å². The molecule has 0 unspecified atom stereocenters. The van der Waals surface area contributed by atoms with Crippen LogP contribution in [0.3, 0.4) is 0 Å². The number of carbonyl (C=O) groups is 2. The summed E-state index contributed by atoms with van der Waals surface area (Å²) in [6, 6.07) is 11.5. The van der Waals surface area contributed by atoms with Crippen LogP contribution in [0.4, 0.5) is 21.9 Å². The number of piperidine rings is 1. The van der Waals surface area contributed by atoms with E-state index in [1.807, 2.05) is 7.05 Å². The average molecular weight is 382 g/mol. The van der Waals surface area contributed by atoms with Crippen LogP contribution in [-0.2, 0) is 0 Å². The lowest BCUT2D eigenvalue weighted by molar-refractivity contribution is -0.384. The molecule has 8 nitrogen and oxygen atoms in total.